The van der Waals surface area contributed by atoms with E-state index in [-0.39, 0.29) is 0 Å². The lowest BCUT2D eigenvalue weighted by molar-refractivity contribution is 0.680. The van der Waals surface area contributed by atoms with Crippen molar-refractivity contribution in [2.45, 2.75) is 46.0 Å². The molecule has 2 nitrogen and oxygen atoms in total. The van der Waals surface area contributed by atoms with Crippen LogP contribution in [0.3, 0.4) is 0 Å². The van der Waals surface area contributed by atoms with E-state index in [4.69, 9.17) is 5.26 Å². The number of rotatable bonds is 1. The fraction of sp³-hybridized carbons (Fsp3) is 0.438. The van der Waals surface area contributed by atoms with Crippen molar-refractivity contribution in [2.75, 3.05) is 0 Å². The molecule has 1 N–H and O–H groups in total. The number of nitrogens with one attached hydrogen (secondary N) is 1. The number of benzene rings is 1. The lowest BCUT2D eigenvalue weighted by Crippen LogP contribution is -2.00. The van der Waals surface area contributed by atoms with Gasteiger partial charge in [0.1, 0.15) is 0 Å². The van der Waals surface area contributed by atoms with Crippen molar-refractivity contribution in [2.24, 2.45) is 0 Å². The number of fused-ring (bicyclic) bond motifs is 3. The largest absolute Gasteiger partial charge is 0.358 e. The molecule has 0 amide bonds. The molecule has 0 saturated carbocycles. The smallest absolute Gasteiger partial charge is 0.0669 e. The lowest BCUT2D eigenvalue weighted by Gasteiger charge is -2.12. The minimum Gasteiger partial charge on any atom is -0.358 e. The van der Waals surface area contributed by atoms with Crippen LogP contribution in [0.5, 0.6) is 0 Å². The summed E-state index contributed by atoms with van der Waals surface area (Å²) in [6.45, 7) is 4.31. The summed E-state index contributed by atoms with van der Waals surface area (Å²) in [5, 5.41) is 10.3. The molecule has 1 aromatic heterocycles. The number of hydrogen-bond donors (Lipinski definition) is 1. The monoisotopic (exact) mass is 238 g/mol. The van der Waals surface area contributed by atoms with Gasteiger partial charge in [-0.1, -0.05) is 6.07 Å². The van der Waals surface area contributed by atoms with Crippen LogP contribution in [0.15, 0.2) is 6.07 Å². The molecule has 2 heteroatoms. The van der Waals surface area contributed by atoms with Gasteiger partial charge < -0.3 is 4.98 Å². The Morgan fingerprint density at radius 2 is 2.06 bits per heavy atom. The first-order valence-electron chi connectivity index (χ1n) is 6.72. The van der Waals surface area contributed by atoms with Gasteiger partial charge in [-0.05, 0) is 61.8 Å². The highest BCUT2D eigenvalue weighted by atomic mass is 14.7. The molecule has 0 fully saturated rings. The van der Waals surface area contributed by atoms with Crippen LogP contribution >= 0.6 is 0 Å². The van der Waals surface area contributed by atoms with Gasteiger partial charge in [-0.25, -0.2) is 0 Å². The van der Waals surface area contributed by atoms with Crippen LogP contribution in [0.4, 0.5) is 0 Å². The zero-order valence-electron chi connectivity index (χ0n) is 11.1. The average Bonchev–Trinajstić information content (AvgIpc) is 2.76. The molecule has 92 valence electrons. The highest BCUT2D eigenvalue weighted by molar-refractivity contribution is 5.91. The summed E-state index contributed by atoms with van der Waals surface area (Å²) in [4.78, 5) is 3.61. The molecule has 0 aliphatic heterocycles. The van der Waals surface area contributed by atoms with Crippen LogP contribution < -0.4 is 0 Å². The Balaban J connectivity index is 2.32. The van der Waals surface area contributed by atoms with Crippen molar-refractivity contribution < 1.29 is 0 Å². The summed E-state index contributed by atoms with van der Waals surface area (Å²) in [6.07, 6.45) is 5.48. The number of nitrogens with zero attached hydrogens (tertiary/aromatic N) is 1. The van der Waals surface area contributed by atoms with Crippen LogP contribution in [0, 0.1) is 25.2 Å². The topological polar surface area (TPSA) is 39.6 Å². The van der Waals surface area contributed by atoms with Gasteiger partial charge in [0.25, 0.3) is 0 Å². The standard InChI is InChI=1S/C16H18N2/c1-10-9-12(7-8-17)11(2)16-15(10)13-5-3-4-6-14(13)18-16/h9,18H,3-7H2,1-2H3. The third-order valence-corrected chi connectivity index (χ3v) is 4.21. The third-order valence-electron chi connectivity index (χ3n) is 4.21. The van der Waals surface area contributed by atoms with E-state index >= 15 is 0 Å². The van der Waals surface area contributed by atoms with Crippen molar-refractivity contribution in [3.8, 4) is 6.07 Å². The second-order valence-electron chi connectivity index (χ2n) is 5.35. The van der Waals surface area contributed by atoms with Crippen molar-refractivity contribution in [1.29, 1.82) is 5.26 Å². The molecule has 1 aromatic carbocycles. The predicted octanol–water partition coefficient (Wildman–Crippen LogP) is 3.73. The normalized spacial score (nSPS) is 14.5. The summed E-state index contributed by atoms with van der Waals surface area (Å²) in [5.74, 6) is 0. The Morgan fingerprint density at radius 1 is 1.28 bits per heavy atom. The van der Waals surface area contributed by atoms with Gasteiger partial charge in [-0.15, -0.1) is 0 Å². The molecular weight excluding hydrogens is 220 g/mol. The number of aromatic amines is 1. The second kappa shape index (κ2) is 4.17. The fourth-order valence-corrected chi connectivity index (χ4v) is 3.27. The first-order chi connectivity index (χ1) is 8.72. The lowest BCUT2D eigenvalue weighted by atomic mass is 9.92. The van der Waals surface area contributed by atoms with Gasteiger partial charge in [-0.2, -0.15) is 5.26 Å². The van der Waals surface area contributed by atoms with E-state index in [9.17, 15) is 0 Å². The number of aryl methyl sites for hydroxylation is 4. The molecule has 0 saturated heterocycles. The maximum absolute atomic E-state index is 8.91. The number of nitriles is 1. The molecule has 0 bridgehead atoms. The molecule has 18 heavy (non-hydrogen) atoms. The van der Waals surface area contributed by atoms with Crippen LogP contribution in [-0.2, 0) is 19.3 Å². The summed E-state index contributed by atoms with van der Waals surface area (Å²) in [7, 11) is 0. The van der Waals surface area contributed by atoms with Crippen molar-refractivity contribution >= 4 is 10.9 Å². The molecule has 1 aliphatic carbocycles. The molecule has 0 unspecified atom stereocenters. The Bertz CT molecular complexity index is 656. The Morgan fingerprint density at radius 3 is 2.83 bits per heavy atom. The van der Waals surface area contributed by atoms with E-state index in [2.05, 4.69) is 31.0 Å². The minimum absolute atomic E-state index is 0.506. The van der Waals surface area contributed by atoms with E-state index in [0.29, 0.717) is 6.42 Å². The molecule has 0 radical (unpaired) electrons. The van der Waals surface area contributed by atoms with Gasteiger partial charge >= 0.3 is 0 Å². The van der Waals surface area contributed by atoms with Crippen LogP contribution in [0.2, 0.25) is 0 Å². The van der Waals surface area contributed by atoms with E-state index in [0.717, 1.165) is 0 Å². The number of hydrogen-bond acceptors (Lipinski definition) is 1. The van der Waals surface area contributed by atoms with Crippen LogP contribution in [-0.4, -0.2) is 4.98 Å². The molecule has 0 atom stereocenters. The van der Waals surface area contributed by atoms with Gasteiger partial charge in [0, 0.05) is 16.6 Å². The molecule has 1 aliphatic rings. The summed E-state index contributed by atoms with van der Waals surface area (Å²) in [5.41, 5.74) is 7.97. The zero-order chi connectivity index (χ0) is 12.7. The Hall–Kier alpha value is -1.75. The SMILES string of the molecule is Cc1c(CC#N)cc(C)c2c3c([nH]c12)CCCC3. The van der Waals surface area contributed by atoms with E-state index in [1.165, 1.54) is 64.5 Å². The van der Waals surface area contributed by atoms with Crippen LogP contribution in [0.25, 0.3) is 10.9 Å². The first kappa shape index (κ1) is 11.3. The second-order valence-corrected chi connectivity index (χ2v) is 5.35. The molecule has 3 rings (SSSR count). The number of H-pyrrole nitrogens is 1. The van der Waals surface area contributed by atoms with Gasteiger partial charge in [0.15, 0.2) is 0 Å². The maximum Gasteiger partial charge on any atom is 0.0669 e. The van der Waals surface area contributed by atoms with Crippen molar-refractivity contribution in [3.05, 3.63) is 34.0 Å². The third kappa shape index (κ3) is 1.54. The summed E-state index contributed by atoms with van der Waals surface area (Å²) >= 11 is 0. The van der Waals surface area contributed by atoms with E-state index in [1.807, 2.05) is 0 Å². The van der Waals surface area contributed by atoms with Gasteiger partial charge in [0.05, 0.1) is 12.5 Å². The zero-order valence-corrected chi connectivity index (χ0v) is 11.1. The summed E-state index contributed by atoms with van der Waals surface area (Å²) in [6, 6.07) is 4.46. The van der Waals surface area contributed by atoms with E-state index in [1.54, 1.807) is 0 Å². The highest BCUT2D eigenvalue weighted by Crippen LogP contribution is 2.34. The average molecular weight is 238 g/mol. The van der Waals surface area contributed by atoms with Gasteiger partial charge in [-0.3, -0.25) is 0 Å². The van der Waals surface area contributed by atoms with Crippen molar-refractivity contribution in [3.63, 3.8) is 0 Å². The van der Waals surface area contributed by atoms with Crippen molar-refractivity contribution in [1.82, 2.24) is 4.98 Å². The summed E-state index contributed by atoms with van der Waals surface area (Å²) < 4.78 is 0. The first-order valence-corrected chi connectivity index (χ1v) is 6.72. The quantitative estimate of drug-likeness (QED) is 0.807. The predicted molar refractivity (Wildman–Crippen MR) is 73.7 cm³/mol. The molecule has 2 aromatic rings. The number of aromatic nitrogens is 1. The molecule has 0 spiro atoms. The molecule has 1 heterocycles. The maximum atomic E-state index is 8.91. The highest BCUT2D eigenvalue weighted by Gasteiger charge is 2.19. The fourth-order valence-electron chi connectivity index (χ4n) is 3.27. The minimum atomic E-state index is 0.506. The Labute approximate surface area is 108 Å². The Kier molecular flexibility index (Phi) is 2.63. The van der Waals surface area contributed by atoms with Crippen LogP contribution in [0.1, 0.15) is 40.8 Å². The molecular formula is C16H18N2. The van der Waals surface area contributed by atoms with E-state index < -0.39 is 0 Å². The van der Waals surface area contributed by atoms with Gasteiger partial charge in [0.2, 0.25) is 0 Å².